The quantitative estimate of drug-likeness (QED) is 0.561. The zero-order valence-electron chi connectivity index (χ0n) is 19.6. The zero-order chi connectivity index (χ0) is 24.9. The number of nitriles is 1. The van der Waals surface area contributed by atoms with Crippen LogP contribution in [0.5, 0.6) is 0 Å². The van der Waals surface area contributed by atoms with E-state index in [1.807, 2.05) is 42.5 Å². The maximum absolute atomic E-state index is 13.2. The summed E-state index contributed by atoms with van der Waals surface area (Å²) in [5, 5.41) is 20.9. The topological polar surface area (TPSA) is 120 Å². The highest BCUT2D eigenvalue weighted by Crippen LogP contribution is 2.44. The van der Waals surface area contributed by atoms with Gasteiger partial charge in [0.25, 0.3) is 0 Å². The standard InChI is InChI=1S/C27H29N3O5/c1-17-14-30(15-22(17)26(32)33)25(31)24(12-6-7-13-28)29-27(34)35-16-23-20-10-4-2-8-18(20)19-9-3-5-11-21(19)23/h2-5,8-11,17,22-24H,6-7,12,14-16H2,1H3,(H,29,34)(H,32,33). The van der Waals surface area contributed by atoms with Gasteiger partial charge in [-0.3, -0.25) is 9.59 Å². The molecule has 2 aromatic carbocycles. The molecule has 1 fully saturated rings. The van der Waals surface area contributed by atoms with Gasteiger partial charge >= 0.3 is 12.1 Å². The second kappa shape index (κ2) is 10.6. The predicted molar refractivity (Wildman–Crippen MR) is 128 cm³/mol. The molecule has 2 aromatic rings. The number of carbonyl (C=O) groups excluding carboxylic acids is 2. The van der Waals surface area contributed by atoms with Crippen molar-refractivity contribution in [3.63, 3.8) is 0 Å². The Hall–Kier alpha value is -3.86. The molecule has 35 heavy (non-hydrogen) atoms. The number of likely N-dealkylation sites (tertiary alicyclic amines) is 1. The summed E-state index contributed by atoms with van der Waals surface area (Å²) < 4.78 is 5.59. The van der Waals surface area contributed by atoms with Crippen molar-refractivity contribution in [2.24, 2.45) is 11.8 Å². The molecule has 2 aliphatic rings. The third-order valence-corrected chi connectivity index (χ3v) is 6.96. The van der Waals surface area contributed by atoms with Crippen LogP contribution in [0.25, 0.3) is 11.1 Å². The molecule has 8 heteroatoms. The van der Waals surface area contributed by atoms with E-state index in [9.17, 15) is 19.5 Å². The molecule has 182 valence electrons. The number of rotatable bonds is 8. The fraction of sp³-hybridized carbons (Fsp3) is 0.407. The first-order chi connectivity index (χ1) is 16.9. The fourth-order valence-corrected chi connectivity index (χ4v) is 5.11. The average molecular weight is 476 g/mol. The number of hydrogen-bond donors (Lipinski definition) is 2. The molecular weight excluding hydrogens is 446 g/mol. The first-order valence-corrected chi connectivity index (χ1v) is 11.9. The molecule has 3 atom stereocenters. The van der Waals surface area contributed by atoms with Gasteiger partial charge in [-0.15, -0.1) is 0 Å². The lowest BCUT2D eigenvalue weighted by Crippen LogP contribution is -2.48. The Labute approximate surface area is 204 Å². The minimum atomic E-state index is -0.932. The number of nitrogens with zero attached hydrogens (tertiary/aromatic N) is 2. The Morgan fingerprint density at radius 1 is 1.11 bits per heavy atom. The molecule has 0 spiro atoms. The van der Waals surface area contributed by atoms with Gasteiger partial charge in [0.2, 0.25) is 5.91 Å². The number of nitrogens with one attached hydrogen (secondary N) is 1. The number of carbonyl (C=O) groups is 3. The molecule has 1 aliphatic carbocycles. The van der Waals surface area contributed by atoms with Crippen LogP contribution >= 0.6 is 0 Å². The molecule has 1 heterocycles. The van der Waals surface area contributed by atoms with Gasteiger partial charge in [-0.2, -0.15) is 5.26 Å². The summed E-state index contributed by atoms with van der Waals surface area (Å²) in [5.74, 6) is -2.18. The molecule has 0 radical (unpaired) electrons. The monoisotopic (exact) mass is 475 g/mol. The molecule has 4 rings (SSSR count). The Bertz CT molecular complexity index is 1110. The lowest BCUT2D eigenvalue weighted by atomic mass is 9.98. The van der Waals surface area contributed by atoms with Crippen LogP contribution in [0, 0.1) is 23.2 Å². The van der Waals surface area contributed by atoms with E-state index in [4.69, 9.17) is 10.00 Å². The Balaban J connectivity index is 1.42. The van der Waals surface area contributed by atoms with Gasteiger partial charge in [-0.1, -0.05) is 55.5 Å². The highest BCUT2D eigenvalue weighted by molar-refractivity contribution is 5.87. The molecule has 2 amide bonds. The molecule has 0 bridgehead atoms. The first kappa shape index (κ1) is 24.3. The summed E-state index contributed by atoms with van der Waals surface area (Å²) in [5.41, 5.74) is 4.43. The van der Waals surface area contributed by atoms with E-state index in [-0.39, 0.29) is 43.7 Å². The van der Waals surface area contributed by atoms with Gasteiger partial charge in [0.1, 0.15) is 12.6 Å². The van der Waals surface area contributed by atoms with Crippen molar-refractivity contribution in [1.29, 1.82) is 5.26 Å². The number of alkyl carbamates (subject to hydrolysis) is 1. The van der Waals surface area contributed by atoms with Crippen molar-refractivity contribution in [3.05, 3.63) is 59.7 Å². The van der Waals surface area contributed by atoms with E-state index >= 15 is 0 Å². The molecule has 1 saturated heterocycles. The smallest absolute Gasteiger partial charge is 0.407 e. The highest BCUT2D eigenvalue weighted by Gasteiger charge is 2.39. The summed E-state index contributed by atoms with van der Waals surface area (Å²) in [6, 6.07) is 17.2. The maximum atomic E-state index is 13.2. The summed E-state index contributed by atoms with van der Waals surface area (Å²) in [4.78, 5) is 38.9. The van der Waals surface area contributed by atoms with Gasteiger partial charge in [-0.25, -0.2) is 4.79 Å². The molecule has 0 saturated carbocycles. The van der Waals surface area contributed by atoms with Crippen LogP contribution in [0.2, 0.25) is 0 Å². The van der Waals surface area contributed by atoms with Crippen LogP contribution in [0.1, 0.15) is 43.2 Å². The van der Waals surface area contributed by atoms with Crippen LogP contribution in [0.3, 0.4) is 0 Å². The van der Waals surface area contributed by atoms with E-state index in [1.54, 1.807) is 6.92 Å². The number of hydrogen-bond acceptors (Lipinski definition) is 5. The first-order valence-electron chi connectivity index (χ1n) is 11.9. The van der Waals surface area contributed by atoms with Crippen LogP contribution < -0.4 is 5.32 Å². The van der Waals surface area contributed by atoms with E-state index < -0.39 is 24.0 Å². The van der Waals surface area contributed by atoms with E-state index in [1.165, 1.54) is 4.90 Å². The van der Waals surface area contributed by atoms with Crippen molar-refractivity contribution in [1.82, 2.24) is 10.2 Å². The predicted octanol–water partition coefficient (Wildman–Crippen LogP) is 3.77. The van der Waals surface area contributed by atoms with Crippen molar-refractivity contribution in [2.45, 2.75) is 38.1 Å². The van der Waals surface area contributed by atoms with Gasteiger partial charge in [0.15, 0.2) is 0 Å². The Morgan fingerprint density at radius 2 is 1.74 bits per heavy atom. The minimum Gasteiger partial charge on any atom is -0.481 e. The Morgan fingerprint density at radius 3 is 2.31 bits per heavy atom. The van der Waals surface area contributed by atoms with Crippen molar-refractivity contribution in [3.8, 4) is 17.2 Å². The van der Waals surface area contributed by atoms with Crippen LogP contribution in [0.4, 0.5) is 4.79 Å². The Kier molecular flexibility index (Phi) is 7.35. The summed E-state index contributed by atoms with van der Waals surface area (Å²) in [7, 11) is 0. The van der Waals surface area contributed by atoms with Gasteiger partial charge in [0.05, 0.1) is 12.0 Å². The number of ether oxygens (including phenoxy) is 1. The largest absolute Gasteiger partial charge is 0.481 e. The molecule has 8 nitrogen and oxygen atoms in total. The molecule has 2 N–H and O–H groups in total. The highest BCUT2D eigenvalue weighted by atomic mass is 16.5. The zero-order valence-corrected chi connectivity index (χ0v) is 19.6. The summed E-state index contributed by atoms with van der Waals surface area (Å²) in [6.07, 6.45) is 0.260. The third-order valence-electron chi connectivity index (χ3n) is 6.96. The molecule has 0 aromatic heterocycles. The lowest BCUT2D eigenvalue weighted by molar-refractivity contribution is -0.142. The van der Waals surface area contributed by atoms with Crippen molar-refractivity contribution < 1.29 is 24.2 Å². The van der Waals surface area contributed by atoms with E-state index in [0.717, 1.165) is 22.3 Å². The van der Waals surface area contributed by atoms with Crippen LogP contribution in [0.15, 0.2) is 48.5 Å². The third kappa shape index (κ3) is 5.14. The normalized spacial score (nSPS) is 19.4. The van der Waals surface area contributed by atoms with Crippen LogP contribution in [-0.4, -0.2) is 53.7 Å². The second-order valence-electron chi connectivity index (χ2n) is 9.24. The number of unbranched alkanes of at least 4 members (excludes halogenated alkanes) is 1. The minimum absolute atomic E-state index is 0.100. The van der Waals surface area contributed by atoms with E-state index in [2.05, 4.69) is 17.4 Å². The van der Waals surface area contributed by atoms with Gasteiger partial charge < -0.3 is 20.1 Å². The number of amides is 2. The van der Waals surface area contributed by atoms with Gasteiger partial charge in [0, 0.05) is 25.4 Å². The number of carboxylic acid groups (broad SMARTS) is 1. The maximum Gasteiger partial charge on any atom is 0.407 e. The number of fused-ring (bicyclic) bond motifs is 3. The molecule has 1 aliphatic heterocycles. The lowest BCUT2D eigenvalue weighted by Gasteiger charge is -2.24. The SMILES string of the molecule is CC1CN(C(=O)C(CCCC#N)NC(=O)OCC2c3ccccc3-c3ccccc32)CC1C(=O)O. The average Bonchev–Trinajstić information content (AvgIpc) is 3.40. The molecular formula is C27H29N3O5. The summed E-state index contributed by atoms with van der Waals surface area (Å²) in [6.45, 7) is 2.35. The number of benzene rings is 2. The van der Waals surface area contributed by atoms with Crippen LogP contribution in [-0.2, 0) is 14.3 Å². The molecule has 3 unspecified atom stereocenters. The van der Waals surface area contributed by atoms with E-state index in [0.29, 0.717) is 13.0 Å². The fourth-order valence-electron chi connectivity index (χ4n) is 5.11. The van der Waals surface area contributed by atoms with Crippen molar-refractivity contribution >= 4 is 18.0 Å². The summed E-state index contributed by atoms with van der Waals surface area (Å²) >= 11 is 0. The second-order valence-corrected chi connectivity index (χ2v) is 9.24. The van der Waals surface area contributed by atoms with Gasteiger partial charge in [-0.05, 0) is 41.0 Å². The van der Waals surface area contributed by atoms with Crippen molar-refractivity contribution in [2.75, 3.05) is 19.7 Å². The number of aliphatic carboxylic acids is 1. The number of carboxylic acids is 1.